The molecule has 0 fully saturated rings. The van der Waals surface area contributed by atoms with Gasteiger partial charge in [0.05, 0.1) is 6.10 Å². The van der Waals surface area contributed by atoms with Gasteiger partial charge in [0, 0.05) is 19.8 Å². The number of aromatic nitrogens is 1. The molecule has 0 aliphatic carbocycles. The number of nitrogens with zero attached hydrogens (tertiary/aromatic N) is 1. The first-order chi connectivity index (χ1) is 9.56. The van der Waals surface area contributed by atoms with Gasteiger partial charge in [-0.3, -0.25) is 4.79 Å². The molecule has 0 radical (unpaired) electrons. The maximum absolute atomic E-state index is 12.0. The summed E-state index contributed by atoms with van der Waals surface area (Å²) >= 11 is 0. The summed E-state index contributed by atoms with van der Waals surface area (Å²) in [5, 5.41) is 2.90. The Kier molecular flexibility index (Phi) is 4.45. The summed E-state index contributed by atoms with van der Waals surface area (Å²) < 4.78 is 7.38. The molecule has 1 aromatic heterocycles. The molecule has 1 N–H and O–H groups in total. The Morgan fingerprint density at radius 3 is 2.50 bits per heavy atom. The van der Waals surface area contributed by atoms with Gasteiger partial charge in [0.25, 0.3) is 5.91 Å². The standard InChI is InChI=1S/C16H20N2O2/c1-12(2)20-14-8-6-13(7-9-14)11-17-16(19)15-5-4-10-18(15)3/h4-10,12H,11H2,1-3H3,(H,17,19). The average Bonchev–Trinajstić information content (AvgIpc) is 2.83. The molecule has 2 rings (SSSR count). The highest BCUT2D eigenvalue weighted by Crippen LogP contribution is 2.13. The van der Waals surface area contributed by atoms with Gasteiger partial charge in [-0.1, -0.05) is 12.1 Å². The van der Waals surface area contributed by atoms with Gasteiger partial charge in [-0.05, 0) is 43.7 Å². The molecular weight excluding hydrogens is 252 g/mol. The largest absolute Gasteiger partial charge is 0.491 e. The molecule has 4 heteroatoms. The van der Waals surface area contributed by atoms with E-state index in [0.29, 0.717) is 12.2 Å². The molecule has 0 atom stereocenters. The van der Waals surface area contributed by atoms with Gasteiger partial charge in [0.1, 0.15) is 11.4 Å². The lowest BCUT2D eigenvalue weighted by molar-refractivity contribution is 0.0943. The molecule has 2 aromatic rings. The van der Waals surface area contributed by atoms with Crippen molar-refractivity contribution in [3.63, 3.8) is 0 Å². The Balaban J connectivity index is 1.91. The van der Waals surface area contributed by atoms with E-state index in [0.717, 1.165) is 11.3 Å². The minimum absolute atomic E-state index is 0.0694. The zero-order valence-corrected chi connectivity index (χ0v) is 12.1. The van der Waals surface area contributed by atoms with Gasteiger partial charge >= 0.3 is 0 Å². The Bertz CT molecular complexity index is 570. The predicted octanol–water partition coefficient (Wildman–Crippen LogP) is 2.74. The van der Waals surface area contributed by atoms with Crippen molar-refractivity contribution in [1.29, 1.82) is 0 Å². The minimum atomic E-state index is -0.0694. The lowest BCUT2D eigenvalue weighted by Gasteiger charge is -2.10. The van der Waals surface area contributed by atoms with Crippen LogP contribution in [0.3, 0.4) is 0 Å². The van der Waals surface area contributed by atoms with E-state index in [1.165, 1.54) is 0 Å². The molecule has 0 aliphatic heterocycles. The van der Waals surface area contributed by atoms with E-state index in [4.69, 9.17) is 4.74 Å². The normalized spacial score (nSPS) is 10.6. The fourth-order valence-electron chi connectivity index (χ4n) is 1.93. The molecule has 0 aliphatic rings. The monoisotopic (exact) mass is 272 g/mol. The predicted molar refractivity (Wildman–Crippen MR) is 78.8 cm³/mol. The summed E-state index contributed by atoms with van der Waals surface area (Å²) in [7, 11) is 1.85. The first-order valence-electron chi connectivity index (χ1n) is 6.71. The molecule has 0 bridgehead atoms. The Morgan fingerprint density at radius 2 is 1.95 bits per heavy atom. The van der Waals surface area contributed by atoms with Crippen LogP contribution in [-0.4, -0.2) is 16.6 Å². The van der Waals surface area contributed by atoms with Crippen molar-refractivity contribution in [2.45, 2.75) is 26.5 Å². The van der Waals surface area contributed by atoms with E-state index >= 15 is 0 Å². The number of carbonyl (C=O) groups excluding carboxylic acids is 1. The second-order valence-electron chi connectivity index (χ2n) is 5.00. The van der Waals surface area contributed by atoms with Crippen LogP contribution in [0.2, 0.25) is 0 Å². The fraction of sp³-hybridized carbons (Fsp3) is 0.312. The average molecular weight is 272 g/mol. The lowest BCUT2D eigenvalue weighted by atomic mass is 10.2. The van der Waals surface area contributed by atoms with E-state index in [-0.39, 0.29) is 12.0 Å². The summed E-state index contributed by atoms with van der Waals surface area (Å²) in [4.78, 5) is 12.0. The number of nitrogens with one attached hydrogen (secondary N) is 1. The number of benzene rings is 1. The van der Waals surface area contributed by atoms with Crippen molar-refractivity contribution in [3.8, 4) is 5.75 Å². The highest BCUT2D eigenvalue weighted by atomic mass is 16.5. The SMILES string of the molecule is CC(C)Oc1ccc(CNC(=O)c2cccn2C)cc1. The molecule has 20 heavy (non-hydrogen) atoms. The number of hydrogen-bond donors (Lipinski definition) is 1. The number of aryl methyl sites for hydroxylation is 1. The summed E-state index contributed by atoms with van der Waals surface area (Å²) in [6.07, 6.45) is 2.02. The van der Waals surface area contributed by atoms with Gasteiger partial charge in [0.2, 0.25) is 0 Å². The van der Waals surface area contributed by atoms with Crippen molar-refractivity contribution < 1.29 is 9.53 Å². The third-order valence-corrected chi connectivity index (χ3v) is 2.92. The zero-order chi connectivity index (χ0) is 14.5. The van der Waals surface area contributed by atoms with Gasteiger partial charge < -0.3 is 14.6 Å². The number of rotatable bonds is 5. The third-order valence-electron chi connectivity index (χ3n) is 2.92. The Hall–Kier alpha value is -2.23. The summed E-state index contributed by atoms with van der Waals surface area (Å²) in [6, 6.07) is 11.4. The molecule has 0 spiro atoms. The highest BCUT2D eigenvalue weighted by Gasteiger charge is 2.08. The fourth-order valence-corrected chi connectivity index (χ4v) is 1.93. The van der Waals surface area contributed by atoms with Crippen LogP contribution in [-0.2, 0) is 13.6 Å². The number of amides is 1. The van der Waals surface area contributed by atoms with Crippen molar-refractivity contribution >= 4 is 5.91 Å². The number of carbonyl (C=O) groups is 1. The number of hydrogen-bond acceptors (Lipinski definition) is 2. The van der Waals surface area contributed by atoms with Crippen molar-refractivity contribution in [2.24, 2.45) is 7.05 Å². The maximum atomic E-state index is 12.0. The van der Waals surface area contributed by atoms with E-state index in [2.05, 4.69) is 5.32 Å². The zero-order valence-electron chi connectivity index (χ0n) is 12.1. The molecule has 0 saturated heterocycles. The number of ether oxygens (including phenoxy) is 1. The Morgan fingerprint density at radius 1 is 1.25 bits per heavy atom. The maximum Gasteiger partial charge on any atom is 0.268 e. The first kappa shape index (κ1) is 14.2. The van der Waals surface area contributed by atoms with Crippen LogP contribution < -0.4 is 10.1 Å². The molecule has 4 nitrogen and oxygen atoms in total. The van der Waals surface area contributed by atoms with Gasteiger partial charge in [-0.25, -0.2) is 0 Å². The van der Waals surface area contributed by atoms with Gasteiger partial charge in [-0.15, -0.1) is 0 Å². The molecule has 1 amide bonds. The van der Waals surface area contributed by atoms with Crippen molar-refractivity contribution in [2.75, 3.05) is 0 Å². The Labute approximate surface area is 119 Å². The molecule has 0 saturated carbocycles. The third kappa shape index (κ3) is 3.63. The van der Waals surface area contributed by atoms with Crippen molar-refractivity contribution in [3.05, 3.63) is 53.9 Å². The van der Waals surface area contributed by atoms with Crippen LogP contribution in [0.4, 0.5) is 0 Å². The molecule has 106 valence electrons. The second-order valence-corrected chi connectivity index (χ2v) is 5.00. The molecule has 0 unspecified atom stereocenters. The quantitative estimate of drug-likeness (QED) is 0.909. The summed E-state index contributed by atoms with van der Waals surface area (Å²) in [5.41, 5.74) is 1.70. The summed E-state index contributed by atoms with van der Waals surface area (Å²) in [6.45, 7) is 4.49. The van der Waals surface area contributed by atoms with E-state index in [1.54, 1.807) is 10.6 Å². The molecular formula is C16H20N2O2. The molecule has 1 heterocycles. The van der Waals surface area contributed by atoms with Crippen LogP contribution >= 0.6 is 0 Å². The van der Waals surface area contributed by atoms with Gasteiger partial charge in [0.15, 0.2) is 0 Å². The van der Waals surface area contributed by atoms with Crippen LogP contribution in [0.25, 0.3) is 0 Å². The van der Waals surface area contributed by atoms with Crippen LogP contribution in [0.1, 0.15) is 29.9 Å². The second kappa shape index (κ2) is 6.28. The first-order valence-corrected chi connectivity index (χ1v) is 6.71. The summed E-state index contributed by atoms with van der Waals surface area (Å²) in [5.74, 6) is 0.775. The smallest absolute Gasteiger partial charge is 0.268 e. The van der Waals surface area contributed by atoms with Crippen molar-refractivity contribution in [1.82, 2.24) is 9.88 Å². The van der Waals surface area contributed by atoms with Crippen LogP contribution in [0, 0.1) is 0 Å². The van der Waals surface area contributed by atoms with E-state index in [1.807, 2.05) is 57.4 Å². The van der Waals surface area contributed by atoms with E-state index in [9.17, 15) is 4.79 Å². The highest BCUT2D eigenvalue weighted by molar-refractivity contribution is 5.92. The topological polar surface area (TPSA) is 43.3 Å². The molecule has 1 aromatic carbocycles. The minimum Gasteiger partial charge on any atom is -0.491 e. The van der Waals surface area contributed by atoms with Crippen LogP contribution in [0.15, 0.2) is 42.6 Å². The van der Waals surface area contributed by atoms with Crippen LogP contribution in [0.5, 0.6) is 5.75 Å². The lowest BCUT2D eigenvalue weighted by Crippen LogP contribution is -2.24. The van der Waals surface area contributed by atoms with Gasteiger partial charge in [-0.2, -0.15) is 0 Å². The van der Waals surface area contributed by atoms with E-state index < -0.39 is 0 Å².